The van der Waals surface area contributed by atoms with Crippen molar-refractivity contribution in [3.8, 4) is 11.4 Å². The number of aliphatic hydroxyl groups is 1. The molecule has 1 unspecified atom stereocenters. The van der Waals surface area contributed by atoms with Crippen LogP contribution >= 0.6 is 11.8 Å². The lowest BCUT2D eigenvalue weighted by atomic mass is 9.99. The van der Waals surface area contributed by atoms with E-state index >= 15 is 0 Å². The minimum Gasteiger partial charge on any atom is -0.406 e. The Bertz CT molecular complexity index is 1970. The number of nitrogens with zero attached hydrogens (tertiary/aromatic N) is 5. The van der Waals surface area contributed by atoms with Gasteiger partial charge in [-0.2, -0.15) is 18.3 Å². The van der Waals surface area contributed by atoms with Crippen molar-refractivity contribution in [2.75, 3.05) is 10.7 Å². The molecule has 1 atom stereocenters. The first-order valence-corrected chi connectivity index (χ1v) is 14.9. The summed E-state index contributed by atoms with van der Waals surface area (Å²) in [7, 11) is 0. The van der Waals surface area contributed by atoms with Crippen molar-refractivity contribution in [3.05, 3.63) is 96.3 Å². The molecule has 6 rings (SSSR count). The van der Waals surface area contributed by atoms with Crippen molar-refractivity contribution in [2.24, 2.45) is 10.2 Å². The number of anilines is 1. The third-order valence-corrected chi connectivity index (χ3v) is 8.54. The lowest BCUT2D eigenvalue weighted by molar-refractivity contribution is -0.274. The Morgan fingerprint density at radius 2 is 1.72 bits per heavy atom. The van der Waals surface area contributed by atoms with Gasteiger partial charge in [-0.05, 0) is 64.9 Å². The van der Waals surface area contributed by atoms with Crippen LogP contribution in [-0.2, 0) is 0 Å². The summed E-state index contributed by atoms with van der Waals surface area (Å²) in [5, 5.41) is 20.6. The Kier molecular flexibility index (Phi) is 7.97. The molecule has 1 aromatic heterocycles. The molecule has 0 amide bonds. The first-order valence-electron chi connectivity index (χ1n) is 13.9. The van der Waals surface area contributed by atoms with Crippen LogP contribution in [0.3, 0.4) is 0 Å². The number of benzene rings is 4. The molecule has 1 N–H and O–H groups in total. The lowest BCUT2D eigenvalue weighted by Crippen LogP contribution is -2.58. The van der Waals surface area contributed by atoms with Gasteiger partial charge in [0.05, 0.1) is 23.0 Å². The monoisotopic (exact) mass is 657 g/mol. The van der Waals surface area contributed by atoms with Gasteiger partial charge in [-0.25, -0.2) is 4.98 Å². The third-order valence-electron chi connectivity index (χ3n) is 7.47. The Balaban J connectivity index is 1.29. The highest BCUT2D eigenvalue weighted by Gasteiger charge is 2.63. The lowest BCUT2D eigenvalue weighted by Gasteiger charge is -2.36. The summed E-state index contributed by atoms with van der Waals surface area (Å²) < 4.78 is 85.7. The van der Waals surface area contributed by atoms with E-state index in [1.54, 1.807) is 35.2 Å². The number of amidine groups is 1. The van der Waals surface area contributed by atoms with Crippen molar-refractivity contribution in [1.29, 1.82) is 0 Å². The summed E-state index contributed by atoms with van der Waals surface area (Å²) in [6.07, 6.45) is -6.75. The van der Waals surface area contributed by atoms with Crippen LogP contribution in [0.15, 0.2) is 95.4 Å². The van der Waals surface area contributed by atoms with Crippen molar-refractivity contribution in [3.63, 3.8) is 0 Å². The number of hydrogen-bond donors (Lipinski definition) is 1. The molecule has 1 aliphatic rings. The maximum absolute atomic E-state index is 14.2. The molecule has 1 saturated heterocycles. The van der Waals surface area contributed by atoms with E-state index in [1.165, 1.54) is 36.5 Å². The molecule has 0 spiro atoms. The summed E-state index contributed by atoms with van der Waals surface area (Å²) in [4.78, 5) is 5.33. The highest BCUT2D eigenvalue weighted by Crippen LogP contribution is 2.47. The smallest absolute Gasteiger partial charge is 0.406 e. The van der Waals surface area contributed by atoms with E-state index in [0.717, 1.165) is 33.0 Å². The number of rotatable bonds is 6. The minimum atomic E-state index is -4.95. The van der Waals surface area contributed by atoms with E-state index < -0.39 is 24.0 Å². The van der Waals surface area contributed by atoms with Crippen molar-refractivity contribution < 1.29 is 36.2 Å². The average Bonchev–Trinajstić information content (AvgIpc) is 3.58. The number of thioether (sulfide) groups is 1. The van der Waals surface area contributed by atoms with E-state index in [1.807, 2.05) is 38.1 Å². The summed E-state index contributed by atoms with van der Waals surface area (Å²) in [6, 6.07) is 21.1. The first kappa shape index (κ1) is 31.4. The van der Waals surface area contributed by atoms with Crippen molar-refractivity contribution in [2.45, 2.75) is 38.0 Å². The highest BCUT2D eigenvalue weighted by molar-refractivity contribution is 8.14. The zero-order valence-corrected chi connectivity index (χ0v) is 25.0. The SMILES string of the molecule is CC(C)c1ccccc1N1/C(=N/N=C/c2ccc3c(ccc4c3ncn4-c3ccc(OC(F)(F)F)cc3)c2)SCC1(O)C(F)(F)F. The quantitative estimate of drug-likeness (QED) is 0.113. The van der Waals surface area contributed by atoms with Gasteiger partial charge >= 0.3 is 12.5 Å². The fourth-order valence-corrected chi connectivity index (χ4v) is 6.39. The summed E-state index contributed by atoms with van der Waals surface area (Å²) >= 11 is 0.767. The highest BCUT2D eigenvalue weighted by atomic mass is 32.2. The Morgan fingerprint density at radius 3 is 2.41 bits per heavy atom. The number of alkyl halides is 6. The summed E-state index contributed by atoms with van der Waals surface area (Å²) in [5.41, 5.74) is 0.266. The topological polar surface area (TPSA) is 75.2 Å². The molecule has 0 aliphatic carbocycles. The van der Waals surface area contributed by atoms with Crippen LogP contribution in [0.5, 0.6) is 5.75 Å². The number of aromatic nitrogens is 2. The molecule has 0 saturated carbocycles. The summed E-state index contributed by atoms with van der Waals surface area (Å²) in [5.74, 6) is -1.11. The molecular formula is C32H25F6N5O2S. The van der Waals surface area contributed by atoms with Crippen LogP contribution in [-0.4, -0.2) is 50.1 Å². The molecule has 5 aromatic rings. The van der Waals surface area contributed by atoms with Gasteiger partial charge in [0.2, 0.25) is 0 Å². The number of fused-ring (bicyclic) bond motifs is 3. The van der Waals surface area contributed by atoms with Crippen LogP contribution in [0, 0.1) is 0 Å². The zero-order valence-electron chi connectivity index (χ0n) is 24.2. The Hall–Kier alpha value is -4.56. The number of halogens is 6. The fraction of sp³-hybridized carbons (Fsp3) is 0.219. The molecule has 46 heavy (non-hydrogen) atoms. The van der Waals surface area contributed by atoms with Gasteiger partial charge < -0.3 is 9.84 Å². The number of para-hydroxylation sites is 1. The molecule has 1 aliphatic heterocycles. The number of hydrogen-bond acceptors (Lipinski definition) is 6. The minimum absolute atomic E-state index is 0.0878. The van der Waals surface area contributed by atoms with Crippen LogP contribution < -0.4 is 9.64 Å². The molecule has 0 radical (unpaired) electrons. The number of ether oxygens (including phenoxy) is 1. The second-order valence-corrected chi connectivity index (χ2v) is 11.8. The van der Waals surface area contributed by atoms with Gasteiger partial charge in [0.25, 0.3) is 5.72 Å². The van der Waals surface area contributed by atoms with Gasteiger partial charge in [-0.1, -0.05) is 62.0 Å². The van der Waals surface area contributed by atoms with E-state index in [2.05, 4.69) is 19.9 Å². The molecule has 7 nitrogen and oxygen atoms in total. The van der Waals surface area contributed by atoms with E-state index in [-0.39, 0.29) is 22.5 Å². The molecule has 2 heterocycles. The molecule has 4 aromatic carbocycles. The summed E-state index contributed by atoms with van der Waals surface area (Å²) in [6.45, 7) is 3.71. The second kappa shape index (κ2) is 11.7. The van der Waals surface area contributed by atoms with Gasteiger partial charge in [0, 0.05) is 16.8 Å². The Morgan fingerprint density at radius 1 is 0.978 bits per heavy atom. The maximum atomic E-state index is 14.2. The predicted octanol–water partition coefficient (Wildman–Crippen LogP) is 8.39. The fourth-order valence-electron chi connectivity index (χ4n) is 5.28. The van der Waals surface area contributed by atoms with Crippen LogP contribution in [0.1, 0.15) is 30.9 Å². The van der Waals surface area contributed by atoms with E-state index in [0.29, 0.717) is 22.3 Å². The molecular weight excluding hydrogens is 632 g/mol. The largest absolute Gasteiger partial charge is 0.573 e. The second-order valence-electron chi connectivity index (χ2n) is 10.8. The average molecular weight is 658 g/mol. The van der Waals surface area contributed by atoms with E-state index in [9.17, 15) is 31.4 Å². The first-order chi connectivity index (χ1) is 21.7. The molecule has 0 bridgehead atoms. The molecule has 238 valence electrons. The third kappa shape index (κ3) is 5.89. The molecule has 1 fully saturated rings. The van der Waals surface area contributed by atoms with Crippen molar-refractivity contribution in [1.82, 2.24) is 9.55 Å². The maximum Gasteiger partial charge on any atom is 0.573 e. The van der Waals surface area contributed by atoms with Gasteiger partial charge in [0.1, 0.15) is 12.1 Å². The van der Waals surface area contributed by atoms with Crippen LogP contribution in [0.4, 0.5) is 32.0 Å². The van der Waals surface area contributed by atoms with Gasteiger partial charge in [0.15, 0.2) is 5.17 Å². The normalized spacial score (nSPS) is 18.6. The molecule has 14 heteroatoms. The zero-order chi connectivity index (χ0) is 32.9. The predicted molar refractivity (Wildman–Crippen MR) is 167 cm³/mol. The van der Waals surface area contributed by atoms with Gasteiger partial charge in [-0.15, -0.1) is 18.3 Å². The Labute approximate surface area is 262 Å². The standard InChI is InChI=1S/C32H25F6N5O2S/c1-19(2)24-5-3-4-6-26(24)43-29(46-17-30(43,44)31(33,34)35)41-40-16-20-7-13-25-21(15-20)8-14-27-28(25)39-18-42(27)22-9-11-23(12-10-22)45-32(36,37)38/h3-16,18-19,44H,17H2,1-2H3/b40-16+,41-29-. The van der Waals surface area contributed by atoms with Crippen LogP contribution in [0.25, 0.3) is 27.5 Å². The van der Waals surface area contributed by atoms with Gasteiger partial charge in [-0.3, -0.25) is 9.47 Å². The van der Waals surface area contributed by atoms with Crippen molar-refractivity contribution >= 4 is 50.6 Å². The van der Waals surface area contributed by atoms with Crippen LogP contribution in [0.2, 0.25) is 0 Å². The number of imidazole rings is 1. The van der Waals surface area contributed by atoms with E-state index in [4.69, 9.17) is 0 Å².